The summed E-state index contributed by atoms with van der Waals surface area (Å²) in [6.45, 7) is 4.58. The average molecular weight is 520 g/mol. The Labute approximate surface area is 228 Å². The SMILES string of the molecule is CN1CCC1.COc1ccc(C)c(C(=O)NC2(c3cc(-c4ncn5ccccc45)cc4ncccc34)CC2)c1. The van der Waals surface area contributed by atoms with Gasteiger partial charge in [0.05, 0.1) is 35.7 Å². The zero-order chi connectivity index (χ0) is 27.0. The number of aryl methyl sites for hydroxylation is 1. The van der Waals surface area contributed by atoms with E-state index < -0.39 is 5.54 Å². The molecule has 0 atom stereocenters. The van der Waals surface area contributed by atoms with Crippen molar-refractivity contribution in [2.45, 2.75) is 31.7 Å². The Morgan fingerprint density at radius 2 is 1.85 bits per heavy atom. The minimum atomic E-state index is -0.431. The number of hydrogen-bond donors (Lipinski definition) is 1. The third-order valence-electron chi connectivity index (χ3n) is 7.83. The van der Waals surface area contributed by atoms with Gasteiger partial charge >= 0.3 is 0 Å². The summed E-state index contributed by atoms with van der Waals surface area (Å²) in [5, 5.41) is 4.40. The molecule has 2 aromatic carbocycles. The van der Waals surface area contributed by atoms with Crippen molar-refractivity contribution in [1.29, 1.82) is 0 Å². The van der Waals surface area contributed by atoms with Crippen LogP contribution in [0.2, 0.25) is 0 Å². The summed E-state index contributed by atoms with van der Waals surface area (Å²) < 4.78 is 7.35. The Morgan fingerprint density at radius 1 is 1.03 bits per heavy atom. The van der Waals surface area contributed by atoms with E-state index in [9.17, 15) is 4.79 Å². The van der Waals surface area contributed by atoms with Crippen molar-refractivity contribution in [3.8, 4) is 17.0 Å². The molecule has 1 aliphatic heterocycles. The van der Waals surface area contributed by atoms with E-state index in [4.69, 9.17) is 4.74 Å². The van der Waals surface area contributed by atoms with Crippen LogP contribution in [0.3, 0.4) is 0 Å². The van der Waals surface area contributed by atoms with Crippen LogP contribution >= 0.6 is 0 Å². The van der Waals surface area contributed by atoms with E-state index in [2.05, 4.69) is 51.5 Å². The van der Waals surface area contributed by atoms with E-state index in [1.165, 1.54) is 19.5 Å². The van der Waals surface area contributed by atoms with Crippen molar-refractivity contribution in [2.75, 3.05) is 27.2 Å². The second-order valence-corrected chi connectivity index (χ2v) is 10.6. The summed E-state index contributed by atoms with van der Waals surface area (Å²) in [7, 11) is 3.75. The van der Waals surface area contributed by atoms with Gasteiger partial charge in [0.15, 0.2) is 0 Å². The van der Waals surface area contributed by atoms with Crippen molar-refractivity contribution in [2.24, 2.45) is 0 Å². The van der Waals surface area contributed by atoms with Crippen LogP contribution in [0.4, 0.5) is 0 Å². The average Bonchev–Trinajstić information content (AvgIpc) is 3.59. The van der Waals surface area contributed by atoms with Gasteiger partial charge in [-0.1, -0.05) is 18.2 Å². The molecule has 1 amide bonds. The molecule has 1 aliphatic carbocycles. The van der Waals surface area contributed by atoms with Crippen LogP contribution in [0.5, 0.6) is 5.75 Å². The monoisotopic (exact) mass is 519 g/mol. The van der Waals surface area contributed by atoms with Crippen molar-refractivity contribution in [3.63, 3.8) is 0 Å². The summed E-state index contributed by atoms with van der Waals surface area (Å²) in [5.74, 6) is 0.577. The number of benzene rings is 2. The van der Waals surface area contributed by atoms with Crippen molar-refractivity contribution in [3.05, 3.63) is 96.1 Å². The van der Waals surface area contributed by atoms with E-state index in [0.29, 0.717) is 11.3 Å². The lowest BCUT2D eigenvalue weighted by atomic mass is 9.94. The molecule has 7 nitrogen and oxygen atoms in total. The van der Waals surface area contributed by atoms with E-state index in [0.717, 1.165) is 51.6 Å². The number of imidazole rings is 1. The van der Waals surface area contributed by atoms with Gasteiger partial charge in [-0.2, -0.15) is 0 Å². The fraction of sp³-hybridized carbons (Fsp3) is 0.281. The lowest BCUT2D eigenvalue weighted by Gasteiger charge is -2.24. The molecule has 7 rings (SSSR count). The highest BCUT2D eigenvalue weighted by Crippen LogP contribution is 2.49. The van der Waals surface area contributed by atoms with Gasteiger partial charge < -0.3 is 19.4 Å². The van der Waals surface area contributed by atoms with Crippen molar-refractivity contribution >= 4 is 22.3 Å². The Balaban J connectivity index is 0.000000500. The number of ether oxygens (including phenoxy) is 1. The first-order chi connectivity index (χ1) is 19.0. The molecule has 1 saturated heterocycles. The van der Waals surface area contributed by atoms with Crippen LogP contribution in [0.25, 0.3) is 27.7 Å². The van der Waals surface area contributed by atoms with Gasteiger partial charge in [-0.05, 0) is 99.9 Å². The molecule has 2 fully saturated rings. The summed E-state index contributed by atoms with van der Waals surface area (Å²) in [6.07, 6.45) is 8.78. The van der Waals surface area contributed by atoms with Crippen LogP contribution < -0.4 is 10.1 Å². The standard InChI is InChI=1S/C28H24N4O2.C4H9N/c1-18-8-9-20(34-2)16-22(18)27(33)31-28(10-11-28)23-14-19(15-24-21(23)6-5-12-29-24)26-25-7-3-4-13-32(25)17-30-26;1-5-3-2-4-5/h3-9,12-17H,10-11H2,1-2H3,(H,31,33);2-4H2,1H3. The maximum Gasteiger partial charge on any atom is 0.252 e. The summed E-state index contributed by atoms with van der Waals surface area (Å²) in [6, 6.07) is 19.9. The summed E-state index contributed by atoms with van der Waals surface area (Å²) >= 11 is 0. The topological polar surface area (TPSA) is 71.8 Å². The molecule has 7 heteroatoms. The van der Waals surface area contributed by atoms with Crippen LogP contribution in [0, 0.1) is 6.92 Å². The highest BCUT2D eigenvalue weighted by molar-refractivity contribution is 5.98. The number of fused-ring (bicyclic) bond motifs is 2. The van der Waals surface area contributed by atoms with E-state index in [-0.39, 0.29) is 5.91 Å². The number of carbonyl (C=O) groups excluding carboxylic acids is 1. The molecular formula is C32H33N5O2. The largest absolute Gasteiger partial charge is 0.497 e. The van der Waals surface area contributed by atoms with Gasteiger partial charge in [0.2, 0.25) is 0 Å². The molecule has 0 bridgehead atoms. The zero-order valence-corrected chi connectivity index (χ0v) is 22.6. The van der Waals surface area contributed by atoms with Crippen LogP contribution in [0.1, 0.15) is 40.7 Å². The fourth-order valence-electron chi connectivity index (χ4n) is 5.20. The van der Waals surface area contributed by atoms with Crippen LogP contribution in [-0.2, 0) is 5.54 Å². The number of amides is 1. The number of methoxy groups -OCH3 is 1. The normalized spacial score (nSPS) is 15.8. The van der Waals surface area contributed by atoms with Crippen LogP contribution in [-0.4, -0.2) is 52.4 Å². The van der Waals surface area contributed by atoms with E-state index in [1.54, 1.807) is 19.4 Å². The molecule has 3 aromatic heterocycles. The van der Waals surface area contributed by atoms with Gasteiger partial charge in [0, 0.05) is 28.9 Å². The number of aromatic nitrogens is 3. The minimum absolute atomic E-state index is 0.0937. The first kappa shape index (κ1) is 25.1. The predicted molar refractivity (Wildman–Crippen MR) is 154 cm³/mol. The lowest BCUT2D eigenvalue weighted by molar-refractivity contribution is 0.0930. The number of carbonyl (C=O) groups is 1. The second kappa shape index (κ2) is 10.2. The van der Waals surface area contributed by atoms with Gasteiger partial charge in [0.1, 0.15) is 5.75 Å². The molecule has 2 aliphatic rings. The first-order valence-corrected chi connectivity index (χ1v) is 13.4. The molecule has 198 valence electrons. The van der Waals surface area contributed by atoms with Crippen molar-refractivity contribution in [1.82, 2.24) is 24.6 Å². The van der Waals surface area contributed by atoms with Gasteiger partial charge in [0.25, 0.3) is 5.91 Å². The molecule has 1 N–H and O–H groups in total. The highest BCUT2D eigenvalue weighted by atomic mass is 16.5. The molecule has 5 aromatic rings. The number of nitrogens with zero attached hydrogens (tertiary/aromatic N) is 4. The van der Waals surface area contributed by atoms with Gasteiger partial charge in [-0.25, -0.2) is 4.98 Å². The van der Waals surface area contributed by atoms with Crippen molar-refractivity contribution < 1.29 is 9.53 Å². The van der Waals surface area contributed by atoms with E-state index >= 15 is 0 Å². The molecule has 0 unspecified atom stereocenters. The molecular weight excluding hydrogens is 486 g/mol. The van der Waals surface area contributed by atoms with Gasteiger partial charge in [-0.15, -0.1) is 0 Å². The third kappa shape index (κ3) is 4.86. The fourth-order valence-corrected chi connectivity index (χ4v) is 5.20. The quantitative estimate of drug-likeness (QED) is 0.327. The predicted octanol–water partition coefficient (Wildman–Crippen LogP) is 5.61. The number of hydrogen-bond acceptors (Lipinski definition) is 5. The first-order valence-electron chi connectivity index (χ1n) is 13.4. The molecule has 1 saturated carbocycles. The number of nitrogens with one attached hydrogen (secondary N) is 1. The third-order valence-corrected chi connectivity index (χ3v) is 7.83. The van der Waals surface area contributed by atoms with E-state index in [1.807, 2.05) is 54.2 Å². The van der Waals surface area contributed by atoms with Gasteiger partial charge in [-0.3, -0.25) is 9.78 Å². The van der Waals surface area contributed by atoms with Crippen LogP contribution in [0.15, 0.2) is 79.4 Å². The number of pyridine rings is 2. The Kier molecular flexibility index (Phi) is 6.53. The zero-order valence-electron chi connectivity index (χ0n) is 22.6. The lowest BCUT2D eigenvalue weighted by Crippen LogP contribution is -2.35. The molecule has 0 radical (unpaired) electrons. The molecule has 0 spiro atoms. The maximum atomic E-state index is 13.4. The minimum Gasteiger partial charge on any atom is -0.497 e. The Bertz CT molecular complexity index is 1670. The summed E-state index contributed by atoms with van der Waals surface area (Å²) in [4.78, 5) is 25.0. The number of likely N-dealkylation sites (tertiary alicyclic amines) is 1. The Hall–Kier alpha value is -4.23. The Morgan fingerprint density at radius 3 is 2.56 bits per heavy atom. The summed E-state index contributed by atoms with van der Waals surface area (Å²) in [5.41, 5.74) is 6.02. The smallest absolute Gasteiger partial charge is 0.252 e. The second-order valence-electron chi connectivity index (χ2n) is 10.6. The molecule has 4 heterocycles. The molecule has 39 heavy (non-hydrogen) atoms. The highest BCUT2D eigenvalue weighted by Gasteiger charge is 2.47. The number of rotatable bonds is 5. The maximum absolute atomic E-state index is 13.4.